The van der Waals surface area contributed by atoms with Gasteiger partial charge < -0.3 is 4.84 Å². The summed E-state index contributed by atoms with van der Waals surface area (Å²) in [5, 5.41) is 9.47. The second-order valence-corrected chi connectivity index (χ2v) is 10.5. The van der Waals surface area contributed by atoms with E-state index in [2.05, 4.69) is 10.9 Å². The minimum Gasteiger partial charge on any atom is -0.411 e. The Kier molecular flexibility index (Phi) is 8.00. The third-order valence-electron chi connectivity index (χ3n) is 7.65. The average molecular weight is 565 g/mol. The van der Waals surface area contributed by atoms with E-state index in [9.17, 15) is 24.0 Å². The first-order valence-electron chi connectivity index (χ1n) is 13.5. The van der Waals surface area contributed by atoms with Crippen LogP contribution in [-0.2, 0) is 13.1 Å². The average Bonchev–Trinajstić information content (AvgIpc) is 3.86. The molecule has 0 bridgehead atoms. The minimum absolute atomic E-state index is 0.0446. The molecule has 2 N–H and O–H groups in total. The predicted molar refractivity (Wildman–Crippen MR) is 157 cm³/mol. The molecule has 0 unspecified atom stereocenters. The zero-order valence-corrected chi connectivity index (χ0v) is 23.3. The maximum Gasteiger partial charge on any atom is 0.331 e. The van der Waals surface area contributed by atoms with Crippen LogP contribution < -0.4 is 22.0 Å². The number of halogens is 1. The Labute approximate surface area is 241 Å². The highest BCUT2D eigenvalue weighted by molar-refractivity contribution is 5.98. The van der Waals surface area contributed by atoms with Crippen molar-refractivity contribution in [2.24, 2.45) is 11.8 Å². The van der Waals surface area contributed by atoms with E-state index in [0.717, 1.165) is 51.8 Å². The molecule has 5 rings (SSSR count). The normalized spacial score (nSPS) is 13.1. The van der Waals surface area contributed by atoms with Crippen LogP contribution in [0.4, 0.5) is 4.39 Å². The quantitative estimate of drug-likeness (QED) is 0.226. The fourth-order valence-corrected chi connectivity index (χ4v) is 5.06. The molecule has 0 spiro atoms. The van der Waals surface area contributed by atoms with Gasteiger partial charge in [0.25, 0.3) is 5.56 Å². The molecular weight excluding hydrogens is 535 g/mol. The number of nitriles is 1. The summed E-state index contributed by atoms with van der Waals surface area (Å²) in [6, 6.07) is 20.3. The van der Waals surface area contributed by atoms with Crippen LogP contribution in [0, 0.1) is 30.0 Å². The molecule has 0 radical (unpaired) electrons. The lowest BCUT2D eigenvalue weighted by atomic mass is 9.99. The van der Waals surface area contributed by atoms with Crippen molar-refractivity contribution in [3.05, 3.63) is 127 Å². The number of nitrogens with zero attached hydrogens (tertiary/aromatic N) is 3. The number of Topliss-reactive ketones (excluding diaryl/α,β-unsaturated/α-hetero) is 1. The van der Waals surface area contributed by atoms with E-state index in [0.29, 0.717) is 22.7 Å². The van der Waals surface area contributed by atoms with E-state index in [1.807, 2.05) is 49.4 Å². The fourth-order valence-electron chi connectivity index (χ4n) is 5.06. The van der Waals surface area contributed by atoms with Gasteiger partial charge in [0.05, 0.1) is 35.8 Å². The standard InChI is InChI=1S/C33H29FN4O4/c1-20(23-11-12-23)15-29-21(2)37(18-22-7-9-24(10-8-22)27-6-4-3-5-25(27)17-35)33(41)38(32(29)40)19-30(39)28-14-13-26(34)16-31(28)42-36/h3-10,13-16,23H,11-12,18-19,36H2,1-2H3/b20-15+. The zero-order valence-electron chi connectivity index (χ0n) is 23.3. The second-order valence-electron chi connectivity index (χ2n) is 10.5. The summed E-state index contributed by atoms with van der Waals surface area (Å²) in [6.07, 6.45) is 3.89. The van der Waals surface area contributed by atoms with E-state index < -0.39 is 29.4 Å². The van der Waals surface area contributed by atoms with Crippen molar-refractivity contribution >= 4 is 11.9 Å². The van der Waals surface area contributed by atoms with Crippen LogP contribution in [0.15, 0.2) is 81.9 Å². The van der Waals surface area contributed by atoms with Crippen LogP contribution in [0.3, 0.4) is 0 Å². The molecule has 9 heteroatoms. The summed E-state index contributed by atoms with van der Waals surface area (Å²) in [6.45, 7) is 3.25. The number of carbonyl (C=O) groups is 1. The largest absolute Gasteiger partial charge is 0.411 e. The SMILES string of the molecule is C/C(=C\c1c(C)n(Cc2ccc(-c3ccccc3C#N)cc2)c(=O)n(CC(=O)c2ccc(F)cc2ON)c1=O)C1CC1. The van der Waals surface area contributed by atoms with E-state index in [-0.39, 0.29) is 17.9 Å². The summed E-state index contributed by atoms with van der Waals surface area (Å²) in [5.74, 6) is 4.17. The monoisotopic (exact) mass is 564 g/mol. The van der Waals surface area contributed by atoms with Crippen molar-refractivity contribution in [3.63, 3.8) is 0 Å². The van der Waals surface area contributed by atoms with Gasteiger partial charge in [-0.05, 0) is 73.6 Å². The molecule has 4 aromatic rings. The Hall–Kier alpha value is -5.07. The highest BCUT2D eigenvalue weighted by atomic mass is 19.1. The molecule has 3 aromatic carbocycles. The highest BCUT2D eigenvalue weighted by Gasteiger charge is 2.25. The minimum atomic E-state index is -0.650. The van der Waals surface area contributed by atoms with Gasteiger partial charge in [-0.1, -0.05) is 48.0 Å². The summed E-state index contributed by atoms with van der Waals surface area (Å²) in [5.41, 5.74) is 3.59. The molecule has 42 heavy (non-hydrogen) atoms. The second kappa shape index (κ2) is 11.8. The molecule has 0 atom stereocenters. The van der Waals surface area contributed by atoms with Gasteiger partial charge in [-0.3, -0.25) is 18.7 Å². The molecule has 1 aliphatic carbocycles. The van der Waals surface area contributed by atoms with Gasteiger partial charge >= 0.3 is 5.69 Å². The summed E-state index contributed by atoms with van der Waals surface area (Å²) >= 11 is 0. The molecule has 0 aliphatic heterocycles. The first-order chi connectivity index (χ1) is 20.2. The zero-order chi connectivity index (χ0) is 30.0. The van der Waals surface area contributed by atoms with E-state index in [4.69, 9.17) is 5.90 Å². The first kappa shape index (κ1) is 28.5. The van der Waals surface area contributed by atoms with E-state index in [1.165, 1.54) is 10.6 Å². The predicted octanol–water partition coefficient (Wildman–Crippen LogP) is 4.99. The molecule has 212 valence electrons. The number of ketones is 1. The lowest BCUT2D eigenvalue weighted by Gasteiger charge is -2.17. The van der Waals surface area contributed by atoms with Crippen molar-refractivity contribution in [1.82, 2.24) is 9.13 Å². The first-order valence-corrected chi connectivity index (χ1v) is 13.5. The molecule has 1 saturated carbocycles. The van der Waals surface area contributed by atoms with Gasteiger partial charge in [0, 0.05) is 11.8 Å². The lowest BCUT2D eigenvalue weighted by molar-refractivity contribution is 0.0964. The van der Waals surface area contributed by atoms with Gasteiger partial charge in [0.15, 0.2) is 11.5 Å². The number of allylic oxidation sites excluding steroid dienone is 1. The summed E-state index contributed by atoms with van der Waals surface area (Å²) < 4.78 is 16.1. The maximum absolute atomic E-state index is 13.7. The van der Waals surface area contributed by atoms with Gasteiger partial charge in [-0.2, -0.15) is 11.2 Å². The van der Waals surface area contributed by atoms with Crippen molar-refractivity contribution < 1.29 is 14.0 Å². The number of benzene rings is 3. The van der Waals surface area contributed by atoms with Crippen LogP contribution in [0.5, 0.6) is 5.75 Å². The Bertz CT molecular complexity index is 1880. The van der Waals surface area contributed by atoms with Crippen LogP contribution in [0.1, 0.15) is 52.5 Å². The molecule has 8 nitrogen and oxygen atoms in total. The summed E-state index contributed by atoms with van der Waals surface area (Å²) in [4.78, 5) is 45.3. The Balaban J connectivity index is 1.56. The molecule has 0 saturated heterocycles. The molecule has 1 aromatic heterocycles. The highest BCUT2D eigenvalue weighted by Crippen LogP contribution is 2.37. The van der Waals surface area contributed by atoms with Gasteiger partial charge in [-0.15, -0.1) is 0 Å². The molecule has 1 heterocycles. The van der Waals surface area contributed by atoms with Crippen molar-refractivity contribution in [1.29, 1.82) is 5.26 Å². The Morgan fingerprint density at radius 3 is 2.48 bits per heavy atom. The summed E-state index contributed by atoms with van der Waals surface area (Å²) in [7, 11) is 0. The number of aromatic nitrogens is 2. The number of nitrogens with two attached hydrogens (primary N) is 1. The Morgan fingerprint density at radius 1 is 1.10 bits per heavy atom. The third-order valence-corrected chi connectivity index (χ3v) is 7.65. The molecule has 1 fully saturated rings. The lowest BCUT2D eigenvalue weighted by Crippen LogP contribution is -2.44. The number of hydrogen-bond acceptors (Lipinski definition) is 6. The third kappa shape index (κ3) is 5.71. The van der Waals surface area contributed by atoms with Crippen LogP contribution in [0.25, 0.3) is 17.2 Å². The van der Waals surface area contributed by atoms with Crippen LogP contribution in [-0.4, -0.2) is 14.9 Å². The molecule has 0 amide bonds. The Morgan fingerprint density at radius 2 is 1.81 bits per heavy atom. The van der Waals surface area contributed by atoms with Gasteiger partial charge in [0.1, 0.15) is 5.82 Å². The van der Waals surface area contributed by atoms with E-state index >= 15 is 0 Å². The maximum atomic E-state index is 13.7. The number of hydrogen-bond donors (Lipinski definition) is 1. The van der Waals surface area contributed by atoms with Crippen LogP contribution >= 0.6 is 0 Å². The van der Waals surface area contributed by atoms with E-state index in [1.54, 1.807) is 19.1 Å². The van der Waals surface area contributed by atoms with Crippen molar-refractivity contribution in [3.8, 4) is 22.9 Å². The fraction of sp³-hybridized carbons (Fsp3) is 0.212. The van der Waals surface area contributed by atoms with Crippen LogP contribution in [0.2, 0.25) is 0 Å². The van der Waals surface area contributed by atoms with Crippen molar-refractivity contribution in [2.75, 3.05) is 0 Å². The topological polar surface area (TPSA) is 120 Å². The smallest absolute Gasteiger partial charge is 0.331 e. The molecular formula is C33H29FN4O4. The molecule has 1 aliphatic rings. The number of carbonyl (C=O) groups excluding carboxylic acids is 1. The van der Waals surface area contributed by atoms with Gasteiger partial charge in [-0.25, -0.2) is 9.18 Å². The van der Waals surface area contributed by atoms with Crippen molar-refractivity contribution in [2.45, 2.75) is 39.8 Å². The van der Waals surface area contributed by atoms with Gasteiger partial charge in [0.2, 0.25) is 0 Å². The number of rotatable bonds is 9.